The van der Waals surface area contributed by atoms with Gasteiger partial charge in [0.05, 0.1) is 6.04 Å². The van der Waals surface area contributed by atoms with Crippen LogP contribution in [0.5, 0.6) is 17.2 Å². The Kier molecular flexibility index (Phi) is 6.75. The molecule has 4 aromatic rings. The lowest BCUT2D eigenvalue weighted by atomic mass is 9.92. The fourth-order valence-corrected chi connectivity index (χ4v) is 5.21. The first-order chi connectivity index (χ1) is 19.0. The van der Waals surface area contributed by atoms with Crippen LogP contribution in [0.1, 0.15) is 35.3 Å². The number of aromatic nitrogens is 1. The number of H-pyrrole nitrogens is 1. The molecule has 1 amide bonds. The van der Waals surface area contributed by atoms with E-state index in [2.05, 4.69) is 35.0 Å². The molecule has 0 aliphatic carbocycles. The van der Waals surface area contributed by atoms with Gasteiger partial charge in [0.1, 0.15) is 12.4 Å². The zero-order chi connectivity index (χ0) is 26.9. The second kappa shape index (κ2) is 10.5. The predicted molar refractivity (Wildman–Crippen MR) is 152 cm³/mol. The summed E-state index contributed by atoms with van der Waals surface area (Å²) in [5, 5.41) is 1.21. The molecule has 2 atom stereocenters. The smallest absolute Gasteiger partial charge is 0.247 e. The maximum absolute atomic E-state index is 13.7. The Hall–Kier alpha value is -4.23. The lowest BCUT2D eigenvalue weighted by Crippen LogP contribution is -2.39. The fraction of sp³-hybridized carbons (Fsp3) is 0.281. The second-order valence-corrected chi connectivity index (χ2v) is 10.4. The van der Waals surface area contributed by atoms with Crippen LogP contribution in [-0.2, 0) is 11.2 Å². The predicted octanol–water partition coefficient (Wildman–Crippen LogP) is 5.41. The lowest BCUT2D eigenvalue weighted by molar-refractivity contribution is -0.128. The molecule has 2 aliphatic heterocycles. The number of rotatable bonds is 7. The summed E-state index contributed by atoms with van der Waals surface area (Å²) in [5.41, 5.74) is 5.33. The van der Waals surface area contributed by atoms with Gasteiger partial charge in [0, 0.05) is 35.3 Å². The van der Waals surface area contributed by atoms with Crippen molar-refractivity contribution in [1.82, 2.24) is 14.8 Å². The van der Waals surface area contributed by atoms with Crippen LogP contribution in [0.25, 0.3) is 17.0 Å². The topological polar surface area (TPSA) is 67.0 Å². The van der Waals surface area contributed by atoms with Crippen molar-refractivity contribution in [3.63, 3.8) is 0 Å². The van der Waals surface area contributed by atoms with E-state index < -0.39 is 0 Å². The number of benzene rings is 3. The number of fused-ring (bicyclic) bond motifs is 4. The number of carbonyl (C=O) groups is 1. The Morgan fingerprint density at radius 3 is 2.72 bits per heavy atom. The number of aromatic amines is 1. The van der Waals surface area contributed by atoms with Crippen LogP contribution in [-0.4, -0.2) is 60.8 Å². The molecular formula is C32H33N3O4. The molecule has 0 radical (unpaired) electrons. The molecule has 0 saturated heterocycles. The van der Waals surface area contributed by atoms with Crippen molar-refractivity contribution in [2.24, 2.45) is 0 Å². The first-order valence-corrected chi connectivity index (χ1v) is 13.3. The van der Waals surface area contributed by atoms with Gasteiger partial charge in [-0.25, -0.2) is 0 Å². The summed E-state index contributed by atoms with van der Waals surface area (Å²) in [5.74, 6) is 2.22. The van der Waals surface area contributed by atoms with Crippen LogP contribution in [0, 0.1) is 0 Å². The number of hydrogen-bond donors (Lipinski definition) is 1. The zero-order valence-corrected chi connectivity index (χ0v) is 22.5. The lowest BCUT2D eigenvalue weighted by Gasteiger charge is -2.35. The van der Waals surface area contributed by atoms with Crippen molar-refractivity contribution in [2.45, 2.75) is 25.4 Å². The minimum Gasteiger partial charge on any atom is -0.492 e. The molecule has 0 fully saturated rings. The van der Waals surface area contributed by atoms with Crippen molar-refractivity contribution in [3.8, 4) is 17.2 Å². The second-order valence-electron chi connectivity index (χ2n) is 10.4. The highest BCUT2D eigenvalue weighted by atomic mass is 16.7. The highest BCUT2D eigenvalue weighted by Crippen LogP contribution is 2.42. The molecule has 39 heavy (non-hydrogen) atoms. The summed E-state index contributed by atoms with van der Waals surface area (Å²) in [7, 11) is 4.08. The van der Waals surface area contributed by atoms with E-state index in [4.69, 9.17) is 14.2 Å². The molecule has 7 nitrogen and oxygen atoms in total. The molecule has 0 saturated carbocycles. The van der Waals surface area contributed by atoms with Gasteiger partial charge in [-0.05, 0) is 80.5 Å². The summed E-state index contributed by atoms with van der Waals surface area (Å²) in [6.45, 7) is 3.57. The number of likely N-dealkylation sites (N-methyl/N-ethyl adjacent to an activating group) is 1. The average Bonchev–Trinajstić information content (AvgIpc) is 3.58. The van der Waals surface area contributed by atoms with Crippen molar-refractivity contribution >= 4 is 22.9 Å². The number of hydrogen-bond acceptors (Lipinski definition) is 5. The normalized spacial score (nSPS) is 17.1. The van der Waals surface area contributed by atoms with Gasteiger partial charge in [0.15, 0.2) is 11.5 Å². The maximum atomic E-state index is 13.7. The number of nitrogens with zero attached hydrogens (tertiary/aromatic N) is 2. The van der Waals surface area contributed by atoms with E-state index in [1.807, 2.05) is 73.6 Å². The van der Waals surface area contributed by atoms with Gasteiger partial charge in [-0.15, -0.1) is 0 Å². The van der Waals surface area contributed by atoms with Gasteiger partial charge in [-0.1, -0.05) is 36.4 Å². The van der Waals surface area contributed by atoms with E-state index in [1.54, 1.807) is 6.08 Å². The van der Waals surface area contributed by atoms with Crippen LogP contribution in [0.4, 0.5) is 0 Å². The van der Waals surface area contributed by atoms with Crippen LogP contribution in [0.3, 0.4) is 0 Å². The number of nitrogens with one attached hydrogen (secondary N) is 1. The summed E-state index contributed by atoms with van der Waals surface area (Å²) in [6, 6.07) is 22.2. The Morgan fingerprint density at radius 1 is 1.10 bits per heavy atom. The minimum absolute atomic E-state index is 0.0397. The van der Waals surface area contributed by atoms with Crippen molar-refractivity contribution in [2.75, 3.05) is 34.0 Å². The van der Waals surface area contributed by atoms with Crippen molar-refractivity contribution in [1.29, 1.82) is 0 Å². The molecule has 1 N–H and O–H groups in total. The van der Waals surface area contributed by atoms with Crippen LogP contribution in [0.2, 0.25) is 0 Å². The van der Waals surface area contributed by atoms with E-state index in [1.165, 1.54) is 10.9 Å². The molecule has 2 unspecified atom stereocenters. The summed E-state index contributed by atoms with van der Waals surface area (Å²) >= 11 is 0. The number of ether oxygens (including phenoxy) is 3. The Balaban J connectivity index is 1.26. The number of para-hydroxylation sites is 1. The van der Waals surface area contributed by atoms with E-state index in [0.717, 1.165) is 40.3 Å². The van der Waals surface area contributed by atoms with Gasteiger partial charge in [0.25, 0.3) is 0 Å². The van der Waals surface area contributed by atoms with Crippen molar-refractivity contribution in [3.05, 3.63) is 95.2 Å². The third kappa shape index (κ3) is 4.98. The number of amides is 1. The maximum Gasteiger partial charge on any atom is 0.247 e. The van der Waals surface area contributed by atoms with Crippen molar-refractivity contribution < 1.29 is 19.0 Å². The number of carbonyl (C=O) groups excluding carboxylic acids is 1. The zero-order valence-electron chi connectivity index (χ0n) is 22.5. The van der Waals surface area contributed by atoms with Crippen LogP contribution < -0.4 is 14.2 Å². The quantitative estimate of drug-likeness (QED) is 0.328. The van der Waals surface area contributed by atoms with E-state index >= 15 is 0 Å². The van der Waals surface area contributed by atoms with Gasteiger partial charge < -0.3 is 29.0 Å². The first kappa shape index (κ1) is 25.1. The molecule has 2 aliphatic rings. The van der Waals surface area contributed by atoms with E-state index in [9.17, 15) is 4.79 Å². The van der Waals surface area contributed by atoms with Crippen LogP contribution >= 0.6 is 0 Å². The van der Waals surface area contributed by atoms with Crippen LogP contribution in [0.15, 0.2) is 72.8 Å². The summed E-state index contributed by atoms with van der Waals surface area (Å²) in [4.78, 5) is 21.3. The first-order valence-electron chi connectivity index (χ1n) is 13.3. The average molecular weight is 524 g/mol. The van der Waals surface area contributed by atoms with E-state index in [0.29, 0.717) is 24.9 Å². The van der Waals surface area contributed by atoms with Gasteiger partial charge in [0.2, 0.25) is 12.7 Å². The summed E-state index contributed by atoms with van der Waals surface area (Å²) < 4.78 is 17.1. The molecule has 0 spiro atoms. The third-order valence-corrected chi connectivity index (χ3v) is 7.70. The molecule has 3 heterocycles. The largest absolute Gasteiger partial charge is 0.492 e. The molecule has 3 aromatic carbocycles. The molecule has 1 aromatic heterocycles. The molecular weight excluding hydrogens is 490 g/mol. The molecule has 0 bridgehead atoms. The molecule has 7 heteroatoms. The minimum atomic E-state index is -0.262. The highest BCUT2D eigenvalue weighted by Gasteiger charge is 2.34. The monoisotopic (exact) mass is 523 g/mol. The molecule has 200 valence electrons. The van der Waals surface area contributed by atoms with Gasteiger partial charge in [-0.3, -0.25) is 4.79 Å². The summed E-state index contributed by atoms with van der Waals surface area (Å²) in [6.07, 6.45) is 4.32. The Bertz CT molecular complexity index is 1520. The molecule has 6 rings (SSSR count). The Labute approximate surface area is 228 Å². The fourth-order valence-electron chi connectivity index (χ4n) is 5.21. The third-order valence-electron chi connectivity index (χ3n) is 7.70. The highest BCUT2D eigenvalue weighted by molar-refractivity contribution is 5.93. The SMILES string of the molecule is CC(COc1ccc(/C=C/C(=O)N2CCc3c([nH]c4ccccc34)C2c2ccc3c(c2)OCO3)cc1)N(C)C. The van der Waals surface area contributed by atoms with E-state index in [-0.39, 0.29) is 18.7 Å². The standard InChI is InChI=1S/C32H33N3O4/c1-21(34(2)3)19-37-24-12-8-22(9-13-24)10-15-30(36)35-17-16-26-25-6-4-5-7-27(25)33-31(26)32(35)23-11-14-28-29(18-23)39-20-38-28/h4-15,18,21,32-33H,16-17,19-20H2,1-3H3/b15-10+. The Morgan fingerprint density at radius 2 is 1.90 bits per heavy atom. The van der Waals surface area contributed by atoms with Gasteiger partial charge >= 0.3 is 0 Å². The van der Waals surface area contributed by atoms with Gasteiger partial charge in [-0.2, -0.15) is 0 Å².